The fourth-order valence-corrected chi connectivity index (χ4v) is 5.42. The molecule has 1 saturated carbocycles. The molecular weight excluding hydrogens is 472 g/mol. The summed E-state index contributed by atoms with van der Waals surface area (Å²) in [5.74, 6) is -1.11. The van der Waals surface area contributed by atoms with Gasteiger partial charge < -0.3 is 24.8 Å². The van der Waals surface area contributed by atoms with Gasteiger partial charge in [-0.3, -0.25) is 4.79 Å². The monoisotopic (exact) mass is 508 g/mol. The summed E-state index contributed by atoms with van der Waals surface area (Å²) in [5.41, 5.74) is 4.51. The Labute approximate surface area is 218 Å². The largest absolute Gasteiger partial charge is 0.467 e. The lowest BCUT2D eigenvalue weighted by molar-refractivity contribution is -0.146. The molecular formula is C29H36N2O6. The zero-order chi connectivity index (χ0) is 26.4. The van der Waals surface area contributed by atoms with E-state index in [0.29, 0.717) is 19.4 Å². The molecule has 0 bridgehead atoms. The van der Waals surface area contributed by atoms with Crippen molar-refractivity contribution in [3.05, 3.63) is 59.7 Å². The second-order valence-electron chi connectivity index (χ2n) is 9.70. The zero-order valence-corrected chi connectivity index (χ0v) is 21.7. The molecule has 1 fully saturated rings. The van der Waals surface area contributed by atoms with Crippen LogP contribution in [0.4, 0.5) is 4.79 Å². The van der Waals surface area contributed by atoms with Crippen LogP contribution < -0.4 is 10.6 Å². The van der Waals surface area contributed by atoms with Crippen LogP contribution >= 0.6 is 0 Å². The molecule has 2 aromatic carbocycles. The van der Waals surface area contributed by atoms with Gasteiger partial charge in [0.1, 0.15) is 12.6 Å². The third-order valence-electron chi connectivity index (χ3n) is 7.39. The Kier molecular flexibility index (Phi) is 8.82. The average molecular weight is 509 g/mol. The van der Waals surface area contributed by atoms with Crippen molar-refractivity contribution < 1.29 is 28.6 Å². The highest BCUT2D eigenvalue weighted by Crippen LogP contribution is 2.44. The molecule has 8 heteroatoms. The van der Waals surface area contributed by atoms with Gasteiger partial charge in [0.2, 0.25) is 5.91 Å². The number of hydrogen-bond donors (Lipinski definition) is 2. The van der Waals surface area contributed by atoms with Crippen LogP contribution in [0.15, 0.2) is 48.5 Å². The number of rotatable bonds is 9. The molecule has 2 atom stereocenters. The Balaban J connectivity index is 1.34. The lowest BCUT2D eigenvalue weighted by Gasteiger charge is -2.30. The second kappa shape index (κ2) is 12.2. The smallest absolute Gasteiger partial charge is 0.407 e. The van der Waals surface area contributed by atoms with Crippen molar-refractivity contribution in [1.82, 2.24) is 10.6 Å². The first-order chi connectivity index (χ1) is 17.9. The third-order valence-corrected chi connectivity index (χ3v) is 7.39. The maximum Gasteiger partial charge on any atom is 0.407 e. The summed E-state index contributed by atoms with van der Waals surface area (Å²) in [4.78, 5) is 38.1. The van der Waals surface area contributed by atoms with Crippen molar-refractivity contribution in [3.63, 3.8) is 0 Å². The Morgan fingerprint density at radius 2 is 1.51 bits per heavy atom. The first-order valence-corrected chi connectivity index (χ1v) is 13.0. The van der Waals surface area contributed by atoms with Crippen LogP contribution in [0.1, 0.15) is 56.6 Å². The minimum Gasteiger partial charge on any atom is -0.467 e. The van der Waals surface area contributed by atoms with E-state index < -0.39 is 24.1 Å². The van der Waals surface area contributed by atoms with E-state index in [-0.39, 0.29) is 30.5 Å². The normalized spacial score (nSPS) is 20.2. The number of alkyl carbamates (subject to hydrolysis) is 1. The lowest BCUT2D eigenvalue weighted by Crippen LogP contribution is -2.56. The molecule has 0 radical (unpaired) electrons. The van der Waals surface area contributed by atoms with E-state index in [1.54, 1.807) is 6.92 Å². The quantitative estimate of drug-likeness (QED) is 0.493. The van der Waals surface area contributed by atoms with Crippen molar-refractivity contribution >= 4 is 18.0 Å². The molecule has 0 aliphatic heterocycles. The highest BCUT2D eigenvalue weighted by atomic mass is 16.5. The van der Waals surface area contributed by atoms with Gasteiger partial charge >= 0.3 is 12.1 Å². The molecule has 2 aliphatic rings. The molecule has 37 heavy (non-hydrogen) atoms. The van der Waals surface area contributed by atoms with Gasteiger partial charge in [-0.2, -0.15) is 0 Å². The third kappa shape index (κ3) is 6.13. The van der Waals surface area contributed by atoms with Crippen molar-refractivity contribution in [2.45, 2.75) is 63.6 Å². The number of carbonyl (C=O) groups excluding carboxylic acids is 3. The van der Waals surface area contributed by atoms with E-state index in [1.165, 1.54) is 7.11 Å². The van der Waals surface area contributed by atoms with Gasteiger partial charge in [-0.05, 0) is 61.8 Å². The van der Waals surface area contributed by atoms with Crippen LogP contribution in [0.2, 0.25) is 0 Å². The Morgan fingerprint density at radius 3 is 2.08 bits per heavy atom. The minimum atomic E-state index is -1.03. The van der Waals surface area contributed by atoms with Gasteiger partial charge in [0, 0.05) is 18.4 Å². The molecule has 4 rings (SSSR count). The Hall–Kier alpha value is -3.39. The van der Waals surface area contributed by atoms with Gasteiger partial charge in [0.05, 0.1) is 19.3 Å². The maximum absolute atomic E-state index is 12.9. The number of nitrogens with one attached hydrogen (secondary N) is 2. The van der Waals surface area contributed by atoms with E-state index in [2.05, 4.69) is 34.9 Å². The second-order valence-corrected chi connectivity index (χ2v) is 9.70. The molecule has 198 valence electrons. The van der Waals surface area contributed by atoms with Crippen molar-refractivity contribution in [3.8, 4) is 11.1 Å². The molecule has 8 nitrogen and oxygen atoms in total. The average Bonchev–Trinajstić information content (AvgIpc) is 3.24. The van der Waals surface area contributed by atoms with E-state index in [1.807, 2.05) is 31.2 Å². The summed E-state index contributed by atoms with van der Waals surface area (Å²) in [6, 6.07) is 14.4. The summed E-state index contributed by atoms with van der Waals surface area (Å²) in [6.45, 7) is 4.43. The van der Waals surface area contributed by atoms with Crippen molar-refractivity contribution in [1.29, 1.82) is 0 Å². The van der Waals surface area contributed by atoms with Crippen LogP contribution in [0, 0.1) is 5.92 Å². The van der Waals surface area contributed by atoms with Crippen LogP contribution in [-0.2, 0) is 23.8 Å². The number of amides is 2. The molecule has 0 unspecified atom stereocenters. The van der Waals surface area contributed by atoms with E-state index in [9.17, 15) is 14.4 Å². The Bertz CT molecular complexity index is 1070. The van der Waals surface area contributed by atoms with Gasteiger partial charge in [-0.25, -0.2) is 9.59 Å². The molecule has 0 saturated heterocycles. The summed E-state index contributed by atoms with van der Waals surface area (Å²) in [6.07, 6.45) is 2.52. The number of fused-ring (bicyclic) bond motifs is 3. The van der Waals surface area contributed by atoms with Gasteiger partial charge in [0.15, 0.2) is 0 Å². The topological polar surface area (TPSA) is 103 Å². The number of carbonyl (C=O) groups is 3. The van der Waals surface area contributed by atoms with Crippen molar-refractivity contribution in [2.24, 2.45) is 5.92 Å². The minimum absolute atomic E-state index is 0.0728. The molecule has 2 amide bonds. The number of benzene rings is 2. The maximum atomic E-state index is 12.9. The summed E-state index contributed by atoms with van der Waals surface area (Å²) >= 11 is 0. The number of methoxy groups -OCH3 is 1. The van der Waals surface area contributed by atoms with Crippen LogP contribution in [0.5, 0.6) is 0 Å². The highest BCUT2D eigenvalue weighted by molar-refractivity contribution is 5.87. The predicted molar refractivity (Wildman–Crippen MR) is 139 cm³/mol. The number of hydrogen-bond acceptors (Lipinski definition) is 6. The number of esters is 1. The summed E-state index contributed by atoms with van der Waals surface area (Å²) in [7, 11) is 1.26. The van der Waals surface area contributed by atoms with Gasteiger partial charge in [-0.1, -0.05) is 48.5 Å². The molecule has 2 aromatic rings. The van der Waals surface area contributed by atoms with E-state index in [4.69, 9.17) is 14.2 Å². The fourth-order valence-electron chi connectivity index (χ4n) is 5.42. The fraction of sp³-hybridized carbons (Fsp3) is 0.483. The lowest BCUT2D eigenvalue weighted by atomic mass is 9.86. The standard InChI is InChI=1S/C29H36N2O6/c1-4-36-20-15-13-19(14-16-20)27(32)31-26(28(33)35-3)18(2)30-29(34)37-17-25-23-11-7-5-9-21(23)22-10-6-8-12-24(22)25/h5-12,18-20,25-26H,4,13-17H2,1-3H3,(H,30,34)(H,31,32)/t18-,19?,20?,26+/m1/s1. The first-order valence-electron chi connectivity index (χ1n) is 13.0. The van der Waals surface area contributed by atoms with E-state index >= 15 is 0 Å². The van der Waals surface area contributed by atoms with Gasteiger partial charge in [0.25, 0.3) is 0 Å². The SMILES string of the molecule is CCOC1CCC(C(=O)N[C@H](C(=O)OC)[C@@H](C)NC(=O)OCC2c3ccccc3-c3ccccc32)CC1. The molecule has 0 spiro atoms. The van der Waals surface area contributed by atoms with Crippen LogP contribution in [0.3, 0.4) is 0 Å². The molecule has 0 aromatic heterocycles. The first kappa shape index (κ1) is 26.7. The summed E-state index contributed by atoms with van der Waals surface area (Å²) in [5, 5.41) is 5.49. The van der Waals surface area contributed by atoms with Crippen LogP contribution in [0.25, 0.3) is 11.1 Å². The predicted octanol–water partition coefficient (Wildman–Crippen LogP) is 4.17. The number of ether oxygens (including phenoxy) is 3. The molecule has 2 aliphatic carbocycles. The van der Waals surface area contributed by atoms with Gasteiger partial charge in [-0.15, -0.1) is 0 Å². The molecule has 2 N–H and O–H groups in total. The Morgan fingerprint density at radius 1 is 0.919 bits per heavy atom. The molecule has 0 heterocycles. The zero-order valence-electron chi connectivity index (χ0n) is 21.7. The highest BCUT2D eigenvalue weighted by Gasteiger charge is 2.34. The van der Waals surface area contributed by atoms with Crippen LogP contribution in [-0.4, -0.2) is 56.5 Å². The van der Waals surface area contributed by atoms with Crippen molar-refractivity contribution in [2.75, 3.05) is 20.3 Å². The van der Waals surface area contributed by atoms with E-state index in [0.717, 1.165) is 35.1 Å². The summed E-state index contributed by atoms with van der Waals surface area (Å²) < 4.78 is 16.2.